The lowest BCUT2D eigenvalue weighted by atomic mass is 10.2. The van der Waals surface area contributed by atoms with E-state index in [2.05, 4.69) is 5.10 Å². The summed E-state index contributed by atoms with van der Waals surface area (Å²) < 4.78 is 2.23. The van der Waals surface area contributed by atoms with Gasteiger partial charge in [-0.25, -0.2) is 4.79 Å². The van der Waals surface area contributed by atoms with Crippen molar-refractivity contribution >= 4 is 28.9 Å². The molecule has 84 valence electrons. The number of hydrogen-bond donors (Lipinski definition) is 1. The topological polar surface area (TPSA) is 55.1 Å². The molecule has 16 heavy (non-hydrogen) atoms. The Morgan fingerprint density at radius 1 is 1.62 bits per heavy atom. The van der Waals surface area contributed by atoms with Gasteiger partial charge in [0.15, 0.2) is 0 Å². The summed E-state index contributed by atoms with van der Waals surface area (Å²) in [6.45, 7) is 2.54. The van der Waals surface area contributed by atoms with E-state index in [1.807, 2.05) is 6.92 Å². The molecular weight excluding hydrogens is 248 g/mol. The van der Waals surface area contributed by atoms with E-state index in [4.69, 9.17) is 16.7 Å². The first-order chi connectivity index (χ1) is 7.61. The van der Waals surface area contributed by atoms with E-state index >= 15 is 0 Å². The van der Waals surface area contributed by atoms with Gasteiger partial charge in [0.1, 0.15) is 11.3 Å². The van der Waals surface area contributed by atoms with Crippen molar-refractivity contribution in [3.05, 3.63) is 28.2 Å². The highest BCUT2D eigenvalue weighted by Gasteiger charge is 2.17. The first kappa shape index (κ1) is 11.2. The molecule has 6 heteroatoms. The van der Waals surface area contributed by atoms with Gasteiger partial charge < -0.3 is 5.11 Å². The third kappa shape index (κ3) is 1.96. The Morgan fingerprint density at radius 3 is 2.88 bits per heavy atom. The SMILES string of the molecule is CCn1cc(C(=O)O)c(-c2ccc(Cl)s2)n1. The number of thiophene rings is 1. The Labute approximate surface area is 101 Å². The summed E-state index contributed by atoms with van der Waals surface area (Å²) in [6, 6.07) is 3.51. The summed E-state index contributed by atoms with van der Waals surface area (Å²) in [5, 5.41) is 13.3. The summed E-state index contributed by atoms with van der Waals surface area (Å²) in [4.78, 5) is 11.8. The van der Waals surface area contributed by atoms with Gasteiger partial charge >= 0.3 is 5.97 Å². The number of aromatic nitrogens is 2. The van der Waals surface area contributed by atoms with Crippen LogP contribution >= 0.6 is 22.9 Å². The van der Waals surface area contributed by atoms with Crippen LogP contribution in [0, 0.1) is 0 Å². The standard InChI is InChI=1S/C10H9ClN2O2S/c1-2-13-5-6(10(14)15)9(12-13)7-3-4-8(11)16-7/h3-5H,2H2,1H3,(H,14,15). The highest BCUT2D eigenvalue weighted by molar-refractivity contribution is 7.19. The lowest BCUT2D eigenvalue weighted by molar-refractivity contribution is 0.0697. The highest BCUT2D eigenvalue weighted by atomic mass is 35.5. The average molecular weight is 257 g/mol. The summed E-state index contributed by atoms with van der Waals surface area (Å²) in [6.07, 6.45) is 1.53. The number of rotatable bonds is 3. The minimum Gasteiger partial charge on any atom is -0.478 e. The van der Waals surface area contributed by atoms with Crippen molar-refractivity contribution in [2.75, 3.05) is 0 Å². The second-order valence-electron chi connectivity index (χ2n) is 3.16. The van der Waals surface area contributed by atoms with Crippen LogP contribution in [-0.2, 0) is 6.54 Å². The van der Waals surface area contributed by atoms with Crippen molar-refractivity contribution in [1.82, 2.24) is 9.78 Å². The number of carboxylic acid groups (broad SMARTS) is 1. The van der Waals surface area contributed by atoms with E-state index in [0.29, 0.717) is 16.6 Å². The second-order valence-corrected chi connectivity index (χ2v) is 4.87. The summed E-state index contributed by atoms with van der Waals surface area (Å²) in [7, 11) is 0. The summed E-state index contributed by atoms with van der Waals surface area (Å²) in [5.74, 6) is -0.973. The number of nitrogens with zero attached hydrogens (tertiary/aromatic N) is 2. The molecule has 0 atom stereocenters. The molecular formula is C10H9ClN2O2S. The van der Waals surface area contributed by atoms with E-state index in [-0.39, 0.29) is 5.56 Å². The van der Waals surface area contributed by atoms with Gasteiger partial charge in [-0.15, -0.1) is 11.3 Å². The zero-order valence-electron chi connectivity index (χ0n) is 8.48. The van der Waals surface area contributed by atoms with E-state index in [0.717, 1.165) is 4.88 Å². The average Bonchev–Trinajstić information content (AvgIpc) is 2.82. The minimum atomic E-state index is -0.973. The Bertz CT molecular complexity index is 533. The quantitative estimate of drug-likeness (QED) is 0.919. The number of carbonyl (C=O) groups is 1. The largest absolute Gasteiger partial charge is 0.478 e. The maximum Gasteiger partial charge on any atom is 0.339 e. The zero-order chi connectivity index (χ0) is 11.7. The molecule has 0 saturated heterocycles. The van der Waals surface area contributed by atoms with Gasteiger partial charge in [-0.1, -0.05) is 11.6 Å². The number of carboxylic acids is 1. The number of aryl methyl sites for hydroxylation is 1. The fourth-order valence-corrected chi connectivity index (χ4v) is 2.41. The summed E-state index contributed by atoms with van der Waals surface area (Å²) in [5.41, 5.74) is 0.687. The molecule has 2 rings (SSSR count). The minimum absolute atomic E-state index is 0.209. The zero-order valence-corrected chi connectivity index (χ0v) is 10.0. The van der Waals surface area contributed by atoms with Gasteiger partial charge in [-0.05, 0) is 19.1 Å². The van der Waals surface area contributed by atoms with Crippen molar-refractivity contribution in [3.8, 4) is 10.6 Å². The molecule has 0 aliphatic rings. The van der Waals surface area contributed by atoms with Gasteiger partial charge in [0.2, 0.25) is 0 Å². The van der Waals surface area contributed by atoms with Crippen LogP contribution in [0.2, 0.25) is 4.34 Å². The van der Waals surface area contributed by atoms with Crippen LogP contribution in [0.4, 0.5) is 0 Å². The van der Waals surface area contributed by atoms with Crippen LogP contribution in [0.5, 0.6) is 0 Å². The van der Waals surface area contributed by atoms with Gasteiger partial charge in [-0.2, -0.15) is 5.10 Å². The predicted octanol–water partition coefficient (Wildman–Crippen LogP) is 2.98. The molecule has 0 unspecified atom stereocenters. The van der Waals surface area contributed by atoms with Crippen molar-refractivity contribution < 1.29 is 9.90 Å². The van der Waals surface area contributed by atoms with E-state index < -0.39 is 5.97 Å². The molecule has 0 aliphatic carbocycles. The van der Waals surface area contributed by atoms with E-state index in [1.54, 1.807) is 16.8 Å². The first-order valence-electron chi connectivity index (χ1n) is 4.68. The molecule has 0 aromatic carbocycles. The van der Waals surface area contributed by atoms with Crippen LogP contribution < -0.4 is 0 Å². The molecule has 0 fully saturated rings. The van der Waals surface area contributed by atoms with E-state index in [1.165, 1.54) is 17.5 Å². The third-order valence-corrected chi connectivity index (χ3v) is 3.36. The van der Waals surface area contributed by atoms with Gasteiger partial charge in [0, 0.05) is 12.7 Å². The molecule has 0 spiro atoms. The molecule has 2 aromatic rings. The first-order valence-corrected chi connectivity index (χ1v) is 5.87. The van der Waals surface area contributed by atoms with Crippen LogP contribution in [0.25, 0.3) is 10.6 Å². The molecule has 2 aromatic heterocycles. The van der Waals surface area contributed by atoms with Crippen LogP contribution in [0.15, 0.2) is 18.3 Å². The number of halogens is 1. The molecule has 0 amide bonds. The van der Waals surface area contributed by atoms with Crippen LogP contribution in [0.3, 0.4) is 0 Å². The van der Waals surface area contributed by atoms with Crippen molar-refractivity contribution in [2.24, 2.45) is 0 Å². The van der Waals surface area contributed by atoms with Crippen LogP contribution in [0.1, 0.15) is 17.3 Å². The lowest BCUT2D eigenvalue weighted by Gasteiger charge is -1.93. The summed E-state index contributed by atoms with van der Waals surface area (Å²) >= 11 is 7.14. The predicted molar refractivity (Wildman–Crippen MR) is 63.2 cm³/mol. The fourth-order valence-electron chi connectivity index (χ4n) is 1.36. The Kier molecular flexibility index (Phi) is 2.98. The van der Waals surface area contributed by atoms with Gasteiger partial charge in [0.25, 0.3) is 0 Å². The molecule has 1 N–H and O–H groups in total. The molecule has 0 aliphatic heterocycles. The van der Waals surface area contributed by atoms with Crippen molar-refractivity contribution in [3.63, 3.8) is 0 Å². The lowest BCUT2D eigenvalue weighted by Crippen LogP contribution is -1.95. The Morgan fingerprint density at radius 2 is 2.38 bits per heavy atom. The molecule has 0 saturated carbocycles. The molecule has 2 heterocycles. The van der Waals surface area contributed by atoms with Crippen molar-refractivity contribution in [1.29, 1.82) is 0 Å². The molecule has 0 bridgehead atoms. The van der Waals surface area contributed by atoms with Crippen molar-refractivity contribution in [2.45, 2.75) is 13.5 Å². The van der Waals surface area contributed by atoms with E-state index in [9.17, 15) is 4.79 Å². The Hall–Kier alpha value is -1.33. The molecule has 4 nitrogen and oxygen atoms in total. The number of aromatic carboxylic acids is 1. The third-order valence-electron chi connectivity index (χ3n) is 2.12. The maximum absolute atomic E-state index is 11.0. The van der Waals surface area contributed by atoms with Gasteiger partial charge in [-0.3, -0.25) is 4.68 Å². The smallest absolute Gasteiger partial charge is 0.339 e. The maximum atomic E-state index is 11.0. The highest BCUT2D eigenvalue weighted by Crippen LogP contribution is 2.32. The van der Waals surface area contributed by atoms with Gasteiger partial charge in [0.05, 0.1) is 9.21 Å². The second kappa shape index (κ2) is 4.27. The monoisotopic (exact) mass is 256 g/mol. The Balaban J connectivity index is 2.54. The normalized spacial score (nSPS) is 10.6. The molecule has 0 radical (unpaired) electrons. The fraction of sp³-hybridized carbons (Fsp3) is 0.200. The number of hydrogen-bond acceptors (Lipinski definition) is 3. The van der Waals surface area contributed by atoms with Crippen LogP contribution in [-0.4, -0.2) is 20.9 Å².